The number of para-hydroxylation sites is 2. The van der Waals surface area contributed by atoms with E-state index >= 15 is 0 Å². The van der Waals surface area contributed by atoms with Crippen LogP contribution in [0.4, 0.5) is 11.4 Å². The van der Waals surface area contributed by atoms with E-state index in [1.165, 1.54) is 5.71 Å². The maximum atomic E-state index is 10.9. The molecule has 0 aromatic heterocycles. The number of hydrogen-bond acceptors (Lipinski definition) is 9. The van der Waals surface area contributed by atoms with Crippen LogP contribution in [0.25, 0.3) is 0 Å². The van der Waals surface area contributed by atoms with Crippen LogP contribution in [0.1, 0.15) is 51.4 Å². The van der Waals surface area contributed by atoms with Crippen LogP contribution in [-0.2, 0) is 23.7 Å². The van der Waals surface area contributed by atoms with Crippen LogP contribution < -0.4 is 16.7 Å². The number of nitrogens with one attached hydrogen (secondary N) is 2. The summed E-state index contributed by atoms with van der Waals surface area (Å²) in [5.41, 5.74) is 8.79. The Labute approximate surface area is 218 Å². The Bertz CT molecular complexity index is 966. The molecular formula is C28H38N4O5. The molecule has 6 rings (SSSR count). The van der Waals surface area contributed by atoms with Crippen molar-refractivity contribution in [2.45, 2.75) is 62.9 Å². The Balaban J connectivity index is 0.000000143. The van der Waals surface area contributed by atoms with Crippen molar-refractivity contribution < 1.29 is 23.7 Å². The molecule has 37 heavy (non-hydrogen) atoms. The second-order valence-corrected chi connectivity index (χ2v) is 9.42. The molecule has 2 heterocycles. The summed E-state index contributed by atoms with van der Waals surface area (Å²) in [5.74, 6) is 4.78. The van der Waals surface area contributed by atoms with E-state index in [4.69, 9.17) is 24.8 Å². The highest BCUT2D eigenvalue weighted by molar-refractivity contribution is 5.86. The Morgan fingerprint density at radius 2 is 1.08 bits per heavy atom. The zero-order chi connectivity index (χ0) is 25.8. The van der Waals surface area contributed by atoms with Crippen molar-refractivity contribution in [3.63, 3.8) is 0 Å². The highest BCUT2D eigenvalue weighted by atomic mass is 16.7. The molecule has 2 aliphatic carbocycles. The van der Waals surface area contributed by atoms with Gasteiger partial charge in [0.25, 0.3) is 0 Å². The van der Waals surface area contributed by atoms with Crippen molar-refractivity contribution in [1.82, 2.24) is 0 Å². The quantitative estimate of drug-likeness (QED) is 0.405. The third kappa shape index (κ3) is 8.34. The van der Waals surface area contributed by atoms with Gasteiger partial charge in [-0.25, -0.2) is 0 Å². The van der Waals surface area contributed by atoms with E-state index in [-0.39, 0.29) is 11.6 Å². The summed E-state index contributed by atoms with van der Waals surface area (Å²) in [6.07, 6.45) is 6.49. The second kappa shape index (κ2) is 13.6. The molecule has 4 fully saturated rings. The lowest BCUT2D eigenvalue weighted by Gasteiger charge is -2.31. The fourth-order valence-corrected chi connectivity index (χ4v) is 4.70. The molecule has 4 aliphatic rings. The summed E-state index contributed by atoms with van der Waals surface area (Å²) < 4.78 is 22.3. The van der Waals surface area contributed by atoms with Gasteiger partial charge in [-0.1, -0.05) is 36.4 Å². The van der Waals surface area contributed by atoms with Gasteiger partial charge in [0.1, 0.15) is 5.78 Å². The molecule has 2 aromatic carbocycles. The first-order valence-electron chi connectivity index (χ1n) is 13.1. The highest BCUT2D eigenvalue weighted by Gasteiger charge is 2.40. The molecule has 4 N–H and O–H groups in total. The summed E-state index contributed by atoms with van der Waals surface area (Å²) in [4.78, 5) is 10.9. The fraction of sp³-hybridized carbons (Fsp3) is 0.500. The number of hydrazine groups is 1. The van der Waals surface area contributed by atoms with Gasteiger partial charge >= 0.3 is 0 Å². The molecular weight excluding hydrogens is 472 g/mol. The SMILES string of the molecule is NNc1ccccc1.O=C1CCC2(CC1)OCCO2.c1ccc(NN=C2CCC3(CC2)OCCO3)cc1. The number of hydrogen-bond donors (Lipinski definition) is 3. The number of nitrogen functional groups attached to an aromatic ring is 1. The third-order valence-electron chi connectivity index (χ3n) is 6.84. The molecule has 2 saturated heterocycles. The minimum absolute atomic E-state index is 0.300. The molecule has 2 saturated carbocycles. The summed E-state index contributed by atoms with van der Waals surface area (Å²) in [7, 11) is 0. The number of hydrazone groups is 1. The standard InChI is InChI=1S/C14H18N2O2.C8H12O3.C6H8N2/c1-2-4-12(5-3-1)15-16-13-6-8-14(9-7-13)17-10-11-18-14;9-7-1-3-8(4-2-7)10-5-6-11-8;7-8-6-4-2-1-3-5-6/h1-5,15H,6-11H2;1-6H2;1-5,8H,7H2. The average Bonchev–Trinajstić information content (AvgIpc) is 3.62. The molecule has 2 aliphatic heterocycles. The predicted molar refractivity (Wildman–Crippen MR) is 143 cm³/mol. The highest BCUT2D eigenvalue weighted by Crippen LogP contribution is 2.35. The number of benzene rings is 2. The van der Waals surface area contributed by atoms with Gasteiger partial charge in [-0.15, -0.1) is 0 Å². The van der Waals surface area contributed by atoms with Gasteiger partial charge in [0.15, 0.2) is 11.6 Å². The van der Waals surface area contributed by atoms with Crippen molar-refractivity contribution in [3.8, 4) is 0 Å². The summed E-state index contributed by atoms with van der Waals surface area (Å²) in [5, 5.41) is 4.46. The van der Waals surface area contributed by atoms with Gasteiger partial charge in [0, 0.05) is 49.9 Å². The number of rotatable bonds is 3. The van der Waals surface area contributed by atoms with E-state index in [1.807, 2.05) is 60.7 Å². The van der Waals surface area contributed by atoms with Crippen LogP contribution in [-0.4, -0.2) is 49.5 Å². The third-order valence-corrected chi connectivity index (χ3v) is 6.84. The lowest BCUT2D eigenvalue weighted by molar-refractivity contribution is -0.179. The number of anilines is 2. The number of carbonyl (C=O) groups is 1. The van der Waals surface area contributed by atoms with E-state index in [0.717, 1.165) is 63.1 Å². The maximum absolute atomic E-state index is 10.9. The summed E-state index contributed by atoms with van der Waals surface area (Å²) in [6.45, 7) is 2.84. The lowest BCUT2D eigenvalue weighted by atomic mass is 9.92. The van der Waals surface area contributed by atoms with Crippen molar-refractivity contribution in [2.24, 2.45) is 10.9 Å². The van der Waals surface area contributed by atoms with E-state index in [9.17, 15) is 4.79 Å². The summed E-state index contributed by atoms with van der Waals surface area (Å²) in [6, 6.07) is 19.6. The smallest absolute Gasteiger partial charge is 0.169 e. The van der Waals surface area contributed by atoms with E-state index in [0.29, 0.717) is 31.8 Å². The lowest BCUT2D eigenvalue weighted by Crippen LogP contribution is -2.35. The Hall–Kier alpha value is -2.82. The molecule has 0 amide bonds. The molecule has 0 radical (unpaired) electrons. The van der Waals surface area contributed by atoms with E-state index in [2.05, 4.69) is 16.0 Å². The van der Waals surface area contributed by atoms with Crippen LogP contribution in [0.2, 0.25) is 0 Å². The minimum Gasteiger partial charge on any atom is -0.348 e. The van der Waals surface area contributed by atoms with Gasteiger partial charge in [-0.2, -0.15) is 5.10 Å². The van der Waals surface area contributed by atoms with Gasteiger partial charge in [-0.3, -0.25) is 16.1 Å². The van der Waals surface area contributed by atoms with Crippen molar-refractivity contribution in [2.75, 3.05) is 37.3 Å². The number of carbonyl (C=O) groups excluding carboxylic acids is 1. The fourth-order valence-electron chi connectivity index (χ4n) is 4.70. The first-order chi connectivity index (χ1) is 18.1. The predicted octanol–water partition coefficient (Wildman–Crippen LogP) is 4.62. The molecule has 2 aromatic rings. The Morgan fingerprint density at radius 1 is 0.649 bits per heavy atom. The van der Waals surface area contributed by atoms with Crippen molar-refractivity contribution >= 4 is 22.9 Å². The number of nitrogens with zero attached hydrogens (tertiary/aromatic N) is 1. The van der Waals surface area contributed by atoms with Crippen molar-refractivity contribution in [3.05, 3.63) is 60.7 Å². The Morgan fingerprint density at radius 3 is 1.51 bits per heavy atom. The average molecular weight is 511 g/mol. The Kier molecular flexibility index (Phi) is 10.0. The first-order valence-corrected chi connectivity index (χ1v) is 13.1. The van der Waals surface area contributed by atoms with Crippen LogP contribution in [0, 0.1) is 0 Å². The maximum Gasteiger partial charge on any atom is 0.169 e. The minimum atomic E-state index is -0.367. The molecule has 0 bridgehead atoms. The zero-order valence-corrected chi connectivity index (χ0v) is 21.3. The molecule has 0 unspecified atom stereocenters. The van der Waals surface area contributed by atoms with Crippen LogP contribution in [0.15, 0.2) is 65.8 Å². The van der Waals surface area contributed by atoms with Crippen LogP contribution in [0.5, 0.6) is 0 Å². The van der Waals surface area contributed by atoms with Crippen molar-refractivity contribution in [1.29, 1.82) is 0 Å². The largest absolute Gasteiger partial charge is 0.348 e. The first kappa shape index (κ1) is 27.2. The second-order valence-electron chi connectivity index (χ2n) is 9.42. The molecule has 0 atom stereocenters. The van der Waals surface area contributed by atoms with Gasteiger partial charge < -0.3 is 24.4 Å². The summed E-state index contributed by atoms with van der Waals surface area (Å²) >= 11 is 0. The van der Waals surface area contributed by atoms with Crippen LogP contribution in [0.3, 0.4) is 0 Å². The van der Waals surface area contributed by atoms with Gasteiger partial charge in [0.2, 0.25) is 0 Å². The number of ketones is 1. The molecule has 9 heteroatoms. The van der Waals surface area contributed by atoms with Crippen LogP contribution >= 0.6 is 0 Å². The number of ether oxygens (including phenoxy) is 4. The van der Waals surface area contributed by atoms with Gasteiger partial charge in [-0.05, 0) is 37.1 Å². The number of nitrogens with two attached hydrogens (primary N) is 1. The molecule has 200 valence electrons. The van der Waals surface area contributed by atoms with E-state index in [1.54, 1.807) is 0 Å². The monoisotopic (exact) mass is 510 g/mol. The van der Waals surface area contributed by atoms with Gasteiger partial charge in [0.05, 0.1) is 32.1 Å². The molecule has 9 nitrogen and oxygen atoms in total. The normalized spacial score (nSPS) is 21.4. The molecule has 2 spiro atoms. The van der Waals surface area contributed by atoms with E-state index < -0.39 is 0 Å². The number of Topliss-reactive ketones (excluding diaryl/α,β-unsaturated/α-hetero) is 1. The zero-order valence-electron chi connectivity index (χ0n) is 21.3. The topological polar surface area (TPSA) is 116 Å².